The molecule has 3 heteroatoms. The van der Waals surface area contributed by atoms with Crippen LogP contribution in [0, 0.1) is 0 Å². The first-order valence-electron chi connectivity index (χ1n) is 6.23. The van der Waals surface area contributed by atoms with Crippen LogP contribution >= 0.6 is 0 Å². The molecule has 92 valence electrons. The Labute approximate surface area is 99.4 Å². The van der Waals surface area contributed by atoms with Crippen LogP contribution in [0.2, 0.25) is 0 Å². The van der Waals surface area contributed by atoms with Gasteiger partial charge in [-0.25, -0.2) is 0 Å². The van der Waals surface area contributed by atoms with Crippen LogP contribution in [0.4, 0.5) is 0 Å². The Hall–Kier alpha value is -0.960. The number of hydrogen-bond donors (Lipinski definition) is 2. The minimum atomic E-state index is 0.575. The van der Waals surface area contributed by atoms with E-state index in [-0.39, 0.29) is 0 Å². The van der Waals surface area contributed by atoms with Gasteiger partial charge >= 0.3 is 0 Å². The van der Waals surface area contributed by atoms with Crippen LogP contribution in [0.5, 0.6) is 0 Å². The van der Waals surface area contributed by atoms with E-state index in [0.29, 0.717) is 6.04 Å². The Kier molecular flexibility index (Phi) is 5.39. The largest absolute Gasteiger partial charge is 0.397 e. The number of hydrogen-bond acceptors (Lipinski definition) is 3. The van der Waals surface area contributed by atoms with Gasteiger partial charge in [0.2, 0.25) is 0 Å². The molecule has 0 unspecified atom stereocenters. The van der Waals surface area contributed by atoms with Gasteiger partial charge in [0, 0.05) is 31.0 Å². The summed E-state index contributed by atoms with van der Waals surface area (Å²) in [5, 5.41) is 3.39. The van der Waals surface area contributed by atoms with Crippen molar-refractivity contribution in [2.24, 2.45) is 5.73 Å². The van der Waals surface area contributed by atoms with Crippen molar-refractivity contribution in [3.63, 3.8) is 0 Å². The third-order valence-electron chi connectivity index (χ3n) is 3.09. The number of rotatable bonds is 5. The number of likely N-dealkylation sites (tertiary alicyclic amines) is 1. The molecule has 0 amide bonds. The first-order valence-corrected chi connectivity index (χ1v) is 6.23. The Morgan fingerprint density at radius 3 is 2.62 bits per heavy atom. The van der Waals surface area contributed by atoms with E-state index in [4.69, 9.17) is 5.73 Å². The fourth-order valence-electron chi connectivity index (χ4n) is 1.97. The molecular weight excluding hydrogens is 198 g/mol. The summed E-state index contributed by atoms with van der Waals surface area (Å²) in [4.78, 5) is 2.53. The molecule has 1 saturated heterocycles. The van der Waals surface area contributed by atoms with Crippen molar-refractivity contribution in [1.82, 2.24) is 10.2 Å². The van der Waals surface area contributed by atoms with Gasteiger partial charge < -0.3 is 16.0 Å². The summed E-state index contributed by atoms with van der Waals surface area (Å²) in [6, 6.07) is 0.575. The molecule has 3 nitrogen and oxygen atoms in total. The lowest BCUT2D eigenvalue weighted by Gasteiger charge is -2.31. The summed E-state index contributed by atoms with van der Waals surface area (Å²) in [6.45, 7) is 11.6. The number of nitrogens with two attached hydrogens (primary N) is 1. The molecule has 1 aliphatic rings. The van der Waals surface area contributed by atoms with Crippen molar-refractivity contribution in [2.45, 2.75) is 39.2 Å². The van der Waals surface area contributed by atoms with E-state index in [1.54, 1.807) is 0 Å². The second-order valence-corrected chi connectivity index (χ2v) is 4.66. The quantitative estimate of drug-likeness (QED) is 0.699. The molecule has 0 atom stereocenters. The van der Waals surface area contributed by atoms with E-state index in [1.807, 2.05) is 13.1 Å². The van der Waals surface area contributed by atoms with Gasteiger partial charge in [0.05, 0.1) is 0 Å². The van der Waals surface area contributed by atoms with Crippen molar-refractivity contribution >= 4 is 0 Å². The molecule has 0 spiro atoms. The molecular formula is C13H25N3. The van der Waals surface area contributed by atoms with Gasteiger partial charge in [0.25, 0.3) is 0 Å². The zero-order chi connectivity index (χ0) is 12.0. The van der Waals surface area contributed by atoms with Crippen molar-refractivity contribution in [3.8, 4) is 0 Å². The maximum Gasteiger partial charge on any atom is 0.0497 e. The smallest absolute Gasteiger partial charge is 0.0497 e. The average Bonchev–Trinajstić information content (AvgIpc) is 2.28. The number of allylic oxidation sites excluding steroid dienone is 1. The monoisotopic (exact) mass is 223 g/mol. The van der Waals surface area contributed by atoms with Crippen LogP contribution in [-0.4, -0.2) is 30.6 Å². The highest BCUT2D eigenvalue weighted by Gasteiger charge is 2.17. The summed E-state index contributed by atoms with van der Waals surface area (Å²) < 4.78 is 0. The summed E-state index contributed by atoms with van der Waals surface area (Å²) in [5.74, 6) is 0. The molecule has 0 radical (unpaired) electrons. The van der Waals surface area contributed by atoms with E-state index in [0.717, 1.165) is 11.3 Å². The van der Waals surface area contributed by atoms with Crippen LogP contribution in [0.15, 0.2) is 24.0 Å². The van der Waals surface area contributed by atoms with Crippen molar-refractivity contribution in [1.29, 1.82) is 0 Å². The predicted octanol–water partition coefficient (Wildman–Crippen LogP) is 1.83. The molecule has 0 saturated carbocycles. The van der Waals surface area contributed by atoms with Crippen LogP contribution in [-0.2, 0) is 0 Å². The van der Waals surface area contributed by atoms with Gasteiger partial charge in [0.1, 0.15) is 0 Å². The highest BCUT2D eigenvalue weighted by molar-refractivity contribution is 5.21. The first-order chi connectivity index (χ1) is 7.63. The molecule has 16 heavy (non-hydrogen) atoms. The van der Waals surface area contributed by atoms with E-state index in [2.05, 4.69) is 23.7 Å². The Balaban J connectivity index is 2.27. The van der Waals surface area contributed by atoms with Crippen LogP contribution < -0.4 is 11.1 Å². The third kappa shape index (κ3) is 4.27. The predicted molar refractivity (Wildman–Crippen MR) is 70.0 cm³/mol. The zero-order valence-corrected chi connectivity index (χ0v) is 10.6. The Bertz CT molecular complexity index is 250. The van der Waals surface area contributed by atoms with E-state index >= 15 is 0 Å². The van der Waals surface area contributed by atoms with Crippen molar-refractivity contribution in [3.05, 3.63) is 24.0 Å². The van der Waals surface area contributed by atoms with Gasteiger partial charge in [-0.1, -0.05) is 13.5 Å². The van der Waals surface area contributed by atoms with E-state index < -0.39 is 0 Å². The fourth-order valence-corrected chi connectivity index (χ4v) is 1.97. The van der Waals surface area contributed by atoms with Gasteiger partial charge in [-0.2, -0.15) is 0 Å². The molecule has 0 bridgehead atoms. The minimum absolute atomic E-state index is 0.575. The normalized spacial score (nSPS) is 19.8. The van der Waals surface area contributed by atoms with Gasteiger partial charge in [-0.05, 0) is 38.3 Å². The fraction of sp³-hybridized carbons (Fsp3) is 0.692. The van der Waals surface area contributed by atoms with E-state index in [1.165, 1.54) is 38.9 Å². The lowest BCUT2D eigenvalue weighted by Crippen LogP contribution is -2.41. The number of piperidine rings is 1. The third-order valence-corrected chi connectivity index (χ3v) is 3.09. The lowest BCUT2D eigenvalue weighted by atomic mass is 10.1. The summed E-state index contributed by atoms with van der Waals surface area (Å²) in [5.41, 5.74) is 7.48. The number of nitrogens with zero attached hydrogens (tertiary/aromatic N) is 1. The van der Waals surface area contributed by atoms with Crippen LogP contribution in [0.25, 0.3) is 0 Å². The highest BCUT2D eigenvalue weighted by atomic mass is 15.1. The molecule has 0 aromatic rings. The number of nitrogens with one attached hydrogen (secondary N) is 1. The SMILES string of the molecule is C=C(C)/C(N)=C\NC1CCN(CCC)CC1. The van der Waals surface area contributed by atoms with Crippen LogP contribution in [0.3, 0.4) is 0 Å². The van der Waals surface area contributed by atoms with E-state index in [9.17, 15) is 0 Å². The van der Waals surface area contributed by atoms with Crippen molar-refractivity contribution in [2.75, 3.05) is 19.6 Å². The minimum Gasteiger partial charge on any atom is -0.397 e. The second kappa shape index (κ2) is 6.59. The van der Waals surface area contributed by atoms with Gasteiger partial charge in [-0.15, -0.1) is 0 Å². The Morgan fingerprint density at radius 2 is 2.12 bits per heavy atom. The second-order valence-electron chi connectivity index (χ2n) is 4.66. The standard InChI is InChI=1S/C13H25N3/c1-4-7-16-8-5-12(6-9-16)15-10-13(14)11(2)3/h10,12,15H,2,4-9,14H2,1,3H3/b13-10+. The maximum atomic E-state index is 5.80. The molecule has 0 aromatic heterocycles. The van der Waals surface area contributed by atoms with Crippen molar-refractivity contribution < 1.29 is 0 Å². The molecule has 0 aromatic carbocycles. The van der Waals surface area contributed by atoms with Gasteiger partial charge in [-0.3, -0.25) is 0 Å². The topological polar surface area (TPSA) is 41.3 Å². The van der Waals surface area contributed by atoms with Gasteiger partial charge in [0.15, 0.2) is 0 Å². The summed E-state index contributed by atoms with van der Waals surface area (Å²) in [6.07, 6.45) is 5.57. The molecule has 0 aliphatic carbocycles. The highest BCUT2D eigenvalue weighted by Crippen LogP contribution is 2.10. The molecule has 3 N–H and O–H groups in total. The summed E-state index contributed by atoms with van der Waals surface area (Å²) in [7, 11) is 0. The maximum absolute atomic E-state index is 5.80. The molecule has 1 rings (SSSR count). The molecule has 1 fully saturated rings. The van der Waals surface area contributed by atoms with Crippen LogP contribution in [0.1, 0.15) is 33.1 Å². The summed E-state index contributed by atoms with van der Waals surface area (Å²) >= 11 is 0. The first kappa shape index (κ1) is 13.1. The Morgan fingerprint density at radius 1 is 1.50 bits per heavy atom. The molecule has 1 heterocycles. The zero-order valence-electron chi connectivity index (χ0n) is 10.6. The lowest BCUT2D eigenvalue weighted by molar-refractivity contribution is 0.204. The average molecular weight is 223 g/mol. The molecule has 1 aliphatic heterocycles.